The van der Waals surface area contributed by atoms with Crippen molar-refractivity contribution in [1.29, 1.82) is 0 Å². The van der Waals surface area contributed by atoms with Gasteiger partial charge in [-0.2, -0.15) is 13.2 Å². The number of hydrogen-bond donors (Lipinski definition) is 1. The average Bonchev–Trinajstić information content (AvgIpc) is 3.03. The topological polar surface area (TPSA) is 60.0 Å². The highest BCUT2D eigenvalue weighted by Crippen LogP contribution is 2.29. The normalized spacial score (nSPS) is 16.2. The largest absolute Gasteiger partial charge is 0.451 e. The molecule has 3 rings (SSSR count). The molecule has 0 aromatic carbocycles. The van der Waals surface area contributed by atoms with E-state index in [0.29, 0.717) is 32.0 Å². The second kappa shape index (κ2) is 5.39. The van der Waals surface area contributed by atoms with Gasteiger partial charge < -0.3 is 10.3 Å². The number of aromatic nitrogens is 3. The number of thiophene rings is 1. The molecular weight excluding hydrogens is 303 g/mol. The molecule has 0 saturated heterocycles. The lowest BCUT2D eigenvalue weighted by molar-refractivity contribution is -0.148. The Morgan fingerprint density at radius 3 is 2.62 bits per heavy atom. The molecule has 0 aliphatic carbocycles. The number of hydrogen-bond acceptors (Lipinski definition) is 5. The molecule has 21 heavy (non-hydrogen) atoms. The van der Waals surface area contributed by atoms with Gasteiger partial charge in [-0.05, 0) is 12.1 Å². The van der Waals surface area contributed by atoms with E-state index in [0.717, 1.165) is 14.3 Å². The van der Waals surface area contributed by atoms with Crippen LogP contribution in [-0.4, -0.2) is 26.2 Å². The van der Waals surface area contributed by atoms with E-state index >= 15 is 0 Å². The van der Waals surface area contributed by atoms with Gasteiger partial charge in [-0.15, -0.1) is 21.5 Å². The summed E-state index contributed by atoms with van der Waals surface area (Å²) in [5.74, 6) is -0.539. The zero-order valence-electron chi connectivity index (χ0n) is 11.1. The number of rotatable bonds is 3. The number of nitrogens with zero attached hydrogens (tertiary/aromatic N) is 4. The Bertz CT molecular complexity index is 633. The average molecular weight is 317 g/mol. The minimum absolute atomic E-state index is 0.256. The van der Waals surface area contributed by atoms with Crippen molar-refractivity contribution in [3.8, 4) is 0 Å². The van der Waals surface area contributed by atoms with Crippen molar-refractivity contribution in [2.45, 2.75) is 32.4 Å². The van der Waals surface area contributed by atoms with Crippen LogP contribution in [0, 0.1) is 0 Å². The maximum Gasteiger partial charge on any atom is 0.451 e. The Morgan fingerprint density at radius 2 is 1.95 bits per heavy atom. The molecule has 2 aromatic rings. The van der Waals surface area contributed by atoms with Crippen molar-refractivity contribution in [2.24, 2.45) is 5.73 Å². The van der Waals surface area contributed by atoms with Crippen LogP contribution >= 0.6 is 11.3 Å². The van der Waals surface area contributed by atoms with Gasteiger partial charge in [0.05, 0.1) is 6.54 Å². The van der Waals surface area contributed by atoms with E-state index in [2.05, 4.69) is 15.1 Å². The molecule has 114 valence electrons. The van der Waals surface area contributed by atoms with Gasteiger partial charge in [0, 0.05) is 35.9 Å². The molecule has 0 spiro atoms. The first-order valence-corrected chi connectivity index (χ1v) is 7.28. The molecule has 0 radical (unpaired) electrons. The Kier molecular flexibility index (Phi) is 3.72. The monoisotopic (exact) mass is 317 g/mol. The molecule has 0 unspecified atom stereocenters. The van der Waals surface area contributed by atoms with E-state index in [4.69, 9.17) is 5.73 Å². The van der Waals surface area contributed by atoms with Gasteiger partial charge in [0.2, 0.25) is 5.82 Å². The van der Waals surface area contributed by atoms with E-state index in [1.165, 1.54) is 0 Å². The third-order valence-corrected chi connectivity index (χ3v) is 4.48. The molecule has 0 amide bonds. The van der Waals surface area contributed by atoms with Crippen LogP contribution in [-0.2, 0) is 32.4 Å². The summed E-state index contributed by atoms with van der Waals surface area (Å²) in [6.45, 7) is 2.38. The van der Waals surface area contributed by atoms with Crippen molar-refractivity contribution in [3.63, 3.8) is 0 Å². The van der Waals surface area contributed by atoms with Gasteiger partial charge in [0.25, 0.3) is 0 Å². The summed E-state index contributed by atoms with van der Waals surface area (Å²) in [6, 6.07) is 3.99. The molecule has 5 nitrogen and oxygen atoms in total. The van der Waals surface area contributed by atoms with Crippen LogP contribution in [0.1, 0.15) is 21.4 Å². The van der Waals surface area contributed by atoms with Crippen molar-refractivity contribution in [1.82, 2.24) is 19.7 Å². The Hall–Kier alpha value is -1.45. The summed E-state index contributed by atoms with van der Waals surface area (Å²) in [4.78, 5) is 4.32. The van der Waals surface area contributed by atoms with E-state index in [9.17, 15) is 13.2 Å². The summed E-state index contributed by atoms with van der Waals surface area (Å²) >= 11 is 1.63. The van der Waals surface area contributed by atoms with Crippen molar-refractivity contribution in [2.75, 3.05) is 6.54 Å². The van der Waals surface area contributed by atoms with E-state index < -0.39 is 12.0 Å². The summed E-state index contributed by atoms with van der Waals surface area (Å²) in [6.07, 6.45) is -4.45. The lowest BCUT2D eigenvalue weighted by Crippen LogP contribution is -2.34. The van der Waals surface area contributed by atoms with Gasteiger partial charge in [0.1, 0.15) is 5.82 Å². The zero-order valence-corrected chi connectivity index (χ0v) is 11.9. The summed E-state index contributed by atoms with van der Waals surface area (Å²) < 4.78 is 39.4. The van der Waals surface area contributed by atoms with Crippen molar-refractivity contribution in [3.05, 3.63) is 33.5 Å². The van der Waals surface area contributed by atoms with Crippen molar-refractivity contribution < 1.29 is 13.2 Å². The maximum atomic E-state index is 12.7. The minimum Gasteiger partial charge on any atom is -0.326 e. The third-order valence-electron chi connectivity index (χ3n) is 3.38. The highest BCUT2D eigenvalue weighted by atomic mass is 32.1. The van der Waals surface area contributed by atoms with Gasteiger partial charge in [0.15, 0.2) is 0 Å². The number of halogens is 3. The quantitative estimate of drug-likeness (QED) is 0.938. The van der Waals surface area contributed by atoms with Crippen LogP contribution in [0.5, 0.6) is 0 Å². The number of nitrogens with two attached hydrogens (primary N) is 1. The number of fused-ring (bicyclic) bond motifs is 1. The molecule has 0 bridgehead atoms. The van der Waals surface area contributed by atoms with Crippen LogP contribution in [0.15, 0.2) is 12.1 Å². The van der Waals surface area contributed by atoms with Crippen LogP contribution in [0.2, 0.25) is 0 Å². The SMILES string of the molecule is NCc1ccc(CN2CCn3c(nnc3C(F)(F)F)C2)s1. The Balaban J connectivity index is 1.72. The second-order valence-corrected chi connectivity index (χ2v) is 6.12. The molecule has 2 N–H and O–H groups in total. The highest BCUT2D eigenvalue weighted by molar-refractivity contribution is 7.11. The Morgan fingerprint density at radius 1 is 1.19 bits per heavy atom. The van der Waals surface area contributed by atoms with Crippen LogP contribution in [0.3, 0.4) is 0 Å². The van der Waals surface area contributed by atoms with E-state index in [1.807, 2.05) is 12.1 Å². The van der Waals surface area contributed by atoms with Crippen LogP contribution < -0.4 is 5.73 Å². The molecule has 2 aromatic heterocycles. The lowest BCUT2D eigenvalue weighted by Gasteiger charge is -2.27. The van der Waals surface area contributed by atoms with E-state index in [-0.39, 0.29) is 6.54 Å². The summed E-state index contributed by atoms with van der Waals surface area (Å²) in [7, 11) is 0. The van der Waals surface area contributed by atoms with Gasteiger partial charge >= 0.3 is 6.18 Å². The summed E-state index contributed by atoms with van der Waals surface area (Å²) in [5, 5.41) is 6.95. The van der Waals surface area contributed by atoms with Crippen LogP contribution in [0.25, 0.3) is 0 Å². The standard InChI is InChI=1S/C12H14F3N5S/c13-12(14,15)11-18-17-10-7-19(3-4-20(10)11)6-9-2-1-8(5-16)21-9/h1-2H,3-7,16H2. The zero-order chi connectivity index (χ0) is 15.0. The van der Waals surface area contributed by atoms with Gasteiger partial charge in [-0.25, -0.2) is 0 Å². The lowest BCUT2D eigenvalue weighted by atomic mass is 10.3. The molecule has 1 aliphatic rings. The number of alkyl halides is 3. The first-order valence-electron chi connectivity index (χ1n) is 6.46. The molecule has 0 saturated carbocycles. The molecule has 3 heterocycles. The Labute approximate surface area is 123 Å². The molecule has 0 atom stereocenters. The molecular formula is C12H14F3N5S. The molecule has 0 fully saturated rings. The van der Waals surface area contributed by atoms with Gasteiger partial charge in [-0.3, -0.25) is 4.90 Å². The smallest absolute Gasteiger partial charge is 0.326 e. The molecule has 1 aliphatic heterocycles. The third kappa shape index (κ3) is 2.94. The first-order chi connectivity index (χ1) is 9.97. The predicted molar refractivity (Wildman–Crippen MR) is 71.3 cm³/mol. The van der Waals surface area contributed by atoms with Crippen LogP contribution in [0.4, 0.5) is 13.2 Å². The fourth-order valence-corrected chi connectivity index (χ4v) is 3.33. The fourth-order valence-electron chi connectivity index (χ4n) is 2.39. The second-order valence-electron chi connectivity index (χ2n) is 4.87. The van der Waals surface area contributed by atoms with E-state index in [1.54, 1.807) is 11.3 Å². The van der Waals surface area contributed by atoms with Crippen molar-refractivity contribution >= 4 is 11.3 Å². The minimum atomic E-state index is -4.45. The predicted octanol–water partition coefficient (Wildman–Crippen LogP) is 1.83. The first kappa shape index (κ1) is 14.5. The molecule has 9 heteroatoms. The highest BCUT2D eigenvalue weighted by Gasteiger charge is 2.39. The fraction of sp³-hybridized carbons (Fsp3) is 0.500. The van der Waals surface area contributed by atoms with Gasteiger partial charge in [-0.1, -0.05) is 0 Å². The summed E-state index contributed by atoms with van der Waals surface area (Å²) in [5.41, 5.74) is 5.57. The maximum absolute atomic E-state index is 12.7.